The van der Waals surface area contributed by atoms with Gasteiger partial charge < -0.3 is 4.90 Å². The number of thiol groups is 1. The molecule has 0 saturated carbocycles. The van der Waals surface area contributed by atoms with Gasteiger partial charge in [0.15, 0.2) is 0 Å². The van der Waals surface area contributed by atoms with Gasteiger partial charge in [-0.05, 0) is 37.9 Å². The van der Waals surface area contributed by atoms with Gasteiger partial charge in [0.05, 0.1) is 0 Å². The summed E-state index contributed by atoms with van der Waals surface area (Å²) >= 11 is 4.46. The fraction of sp³-hybridized carbons (Fsp3) is 1.00. The molecule has 92 valence electrons. The van der Waals surface area contributed by atoms with Crippen LogP contribution in [0.2, 0.25) is 0 Å². The van der Waals surface area contributed by atoms with Crippen molar-refractivity contribution in [1.82, 2.24) is 4.90 Å². The fourth-order valence-electron chi connectivity index (χ4n) is 1.95. The zero-order valence-electron chi connectivity index (χ0n) is 11.2. The van der Waals surface area contributed by atoms with E-state index in [9.17, 15) is 0 Å². The Labute approximate surface area is 102 Å². The van der Waals surface area contributed by atoms with E-state index in [1.54, 1.807) is 0 Å². The molecule has 1 nitrogen and oxygen atoms in total. The van der Waals surface area contributed by atoms with Gasteiger partial charge in [0.2, 0.25) is 0 Å². The van der Waals surface area contributed by atoms with E-state index in [0.29, 0.717) is 6.04 Å². The van der Waals surface area contributed by atoms with Crippen molar-refractivity contribution in [3.63, 3.8) is 0 Å². The smallest absolute Gasteiger partial charge is 0.00388 e. The van der Waals surface area contributed by atoms with Gasteiger partial charge in [-0.3, -0.25) is 0 Å². The van der Waals surface area contributed by atoms with Crippen LogP contribution in [0.3, 0.4) is 0 Å². The predicted octanol–water partition coefficient (Wildman–Crippen LogP) is 3.70. The normalized spacial score (nSPS) is 14.2. The van der Waals surface area contributed by atoms with Gasteiger partial charge >= 0.3 is 0 Å². The van der Waals surface area contributed by atoms with E-state index < -0.39 is 0 Å². The molecule has 0 aliphatic heterocycles. The molecular weight excluding hydrogens is 202 g/mol. The lowest BCUT2D eigenvalue weighted by atomic mass is 10.0. The van der Waals surface area contributed by atoms with Gasteiger partial charge in [-0.2, -0.15) is 12.6 Å². The van der Waals surface area contributed by atoms with Crippen LogP contribution >= 0.6 is 12.6 Å². The van der Waals surface area contributed by atoms with Crippen LogP contribution in [0.1, 0.15) is 47.5 Å². The van der Waals surface area contributed by atoms with Crippen molar-refractivity contribution < 1.29 is 0 Å². The standard InChI is InChI=1S/C13H29NS/c1-6-7-13(10-15)9-14(12(4)5)8-11(2)3/h11-13,15H,6-10H2,1-5H3. The molecule has 0 radical (unpaired) electrons. The molecule has 0 N–H and O–H groups in total. The average Bonchev–Trinajstić information content (AvgIpc) is 2.14. The molecule has 0 aromatic rings. The molecule has 1 unspecified atom stereocenters. The van der Waals surface area contributed by atoms with Crippen LogP contribution < -0.4 is 0 Å². The predicted molar refractivity (Wildman–Crippen MR) is 73.8 cm³/mol. The summed E-state index contributed by atoms with van der Waals surface area (Å²) in [5.74, 6) is 2.55. The van der Waals surface area contributed by atoms with Gasteiger partial charge in [-0.1, -0.05) is 27.2 Å². The number of hydrogen-bond acceptors (Lipinski definition) is 2. The zero-order chi connectivity index (χ0) is 11.8. The molecule has 0 rings (SSSR count). The molecule has 0 saturated heterocycles. The molecule has 0 fully saturated rings. The van der Waals surface area contributed by atoms with Gasteiger partial charge in [-0.15, -0.1) is 0 Å². The van der Waals surface area contributed by atoms with Crippen LogP contribution in [0, 0.1) is 11.8 Å². The first-order valence-electron chi connectivity index (χ1n) is 6.36. The molecule has 0 amide bonds. The number of rotatable bonds is 8. The van der Waals surface area contributed by atoms with E-state index >= 15 is 0 Å². The number of nitrogens with zero attached hydrogens (tertiary/aromatic N) is 1. The first kappa shape index (κ1) is 15.3. The van der Waals surface area contributed by atoms with E-state index in [-0.39, 0.29) is 0 Å². The van der Waals surface area contributed by atoms with Crippen LogP contribution in [0.15, 0.2) is 0 Å². The summed E-state index contributed by atoms with van der Waals surface area (Å²) in [6.07, 6.45) is 2.59. The average molecular weight is 231 g/mol. The number of hydrogen-bond donors (Lipinski definition) is 1. The van der Waals surface area contributed by atoms with E-state index in [4.69, 9.17) is 0 Å². The summed E-state index contributed by atoms with van der Waals surface area (Å²) in [4.78, 5) is 2.60. The summed E-state index contributed by atoms with van der Waals surface area (Å²) in [6.45, 7) is 13.9. The maximum absolute atomic E-state index is 4.46. The second-order valence-electron chi connectivity index (χ2n) is 5.28. The zero-order valence-corrected chi connectivity index (χ0v) is 12.1. The third kappa shape index (κ3) is 7.24. The summed E-state index contributed by atoms with van der Waals surface area (Å²) in [7, 11) is 0. The lowest BCUT2D eigenvalue weighted by Crippen LogP contribution is -2.38. The molecule has 1 atom stereocenters. The maximum atomic E-state index is 4.46. The minimum atomic E-state index is 0.659. The van der Waals surface area contributed by atoms with Crippen LogP contribution in [0.5, 0.6) is 0 Å². The minimum Gasteiger partial charge on any atom is -0.300 e. The minimum absolute atomic E-state index is 0.659. The third-order valence-electron chi connectivity index (χ3n) is 2.78. The Morgan fingerprint density at radius 3 is 2.00 bits per heavy atom. The third-order valence-corrected chi connectivity index (χ3v) is 3.29. The molecule has 15 heavy (non-hydrogen) atoms. The summed E-state index contributed by atoms with van der Waals surface area (Å²) < 4.78 is 0. The van der Waals surface area contributed by atoms with E-state index in [2.05, 4.69) is 52.1 Å². The largest absolute Gasteiger partial charge is 0.300 e. The molecule has 0 aliphatic carbocycles. The maximum Gasteiger partial charge on any atom is 0.00388 e. The van der Waals surface area contributed by atoms with Gasteiger partial charge in [-0.25, -0.2) is 0 Å². The Kier molecular flexibility index (Phi) is 8.64. The molecule has 0 heterocycles. The molecular formula is C13H29NS. The lowest BCUT2D eigenvalue weighted by molar-refractivity contribution is 0.170. The van der Waals surface area contributed by atoms with Crippen molar-refractivity contribution in [2.24, 2.45) is 11.8 Å². The molecule has 0 bridgehead atoms. The first-order valence-corrected chi connectivity index (χ1v) is 6.99. The molecule has 2 heteroatoms. The highest BCUT2D eigenvalue weighted by atomic mass is 32.1. The second-order valence-corrected chi connectivity index (χ2v) is 5.64. The van der Waals surface area contributed by atoms with Gasteiger partial charge in [0, 0.05) is 19.1 Å². The van der Waals surface area contributed by atoms with Crippen LogP contribution in [0.4, 0.5) is 0 Å². The summed E-state index contributed by atoms with van der Waals surface area (Å²) in [5.41, 5.74) is 0. The Hall–Kier alpha value is 0.310. The molecule has 0 aromatic heterocycles. The first-order chi connectivity index (χ1) is 7.01. The van der Waals surface area contributed by atoms with Crippen molar-refractivity contribution >= 4 is 12.6 Å². The second kappa shape index (κ2) is 8.46. The van der Waals surface area contributed by atoms with Crippen LogP contribution in [0.25, 0.3) is 0 Å². The van der Waals surface area contributed by atoms with E-state index in [1.807, 2.05) is 0 Å². The van der Waals surface area contributed by atoms with Crippen LogP contribution in [-0.4, -0.2) is 29.8 Å². The van der Waals surface area contributed by atoms with Gasteiger partial charge in [0.25, 0.3) is 0 Å². The quantitative estimate of drug-likeness (QED) is 0.623. The SMILES string of the molecule is CCCC(CS)CN(CC(C)C)C(C)C. The van der Waals surface area contributed by atoms with Gasteiger partial charge in [0.1, 0.15) is 0 Å². The Bertz CT molecular complexity index is 145. The summed E-state index contributed by atoms with van der Waals surface area (Å²) in [6, 6.07) is 0.659. The molecule has 0 spiro atoms. The lowest BCUT2D eigenvalue weighted by Gasteiger charge is -2.31. The Balaban J connectivity index is 4.12. The highest BCUT2D eigenvalue weighted by Crippen LogP contribution is 2.14. The topological polar surface area (TPSA) is 3.24 Å². The van der Waals surface area contributed by atoms with Crippen molar-refractivity contribution in [2.45, 2.75) is 53.5 Å². The highest BCUT2D eigenvalue weighted by molar-refractivity contribution is 7.80. The van der Waals surface area contributed by atoms with Crippen molar-refractivity contribution in [3.8, 4) is 0 Å². The van der Waals surface area contributed by atoms with E-state index in [1.165, 1.54) is 25.9 Å². The fourth-order valence-corrected chi connectivity index (χ4v) is 2.24. The highest BCUT2D eigenvalue weighted by Gasteiger charge is 2.15. The van der Waals surface area contributed by atoms with Crippen molar-refractivity contribution in [1.29, 1.82) is 0 Å². The van der Waals surface area contributed by atoms with Crippen molar-refractivity contribution in [2.75, 3.05) is 18.8 Å². The molecule has 0 aliphatic rings. The van der Waals surface area contributed by atoms with Crippen molar-refractivity contribution in [3.05, 3.63) is 0 Å². The van der Waals surface area contributed by atoms with E-state index in [0.717, 1.165) is 17.6 Å². The monoisotopic (exact) mass is 231 g/mol. The Morgan fingerprint density at radius 2 is 1.67 bits per heavy atom. The Morgan fingerprint density at radius 1 is 1.07 bits per heavy atom. The molecule has 0 aromatic carbocycles. The van der Waals surface area contributed by atoms with Crippen LogP contribution in [-0.2, 0) is 0 Å². The summed E-state index contributed by atoms with van der Waals surface area (Å²) in [5, 5.41) is 0.